The number of urea groups is 1. The molecule has 3 heterocycles. The Bertz CT molecular complexity index is 1010. The largest absolute Gasteiger partial charge is 0.322 e. The summed E-state index contributed by atoms with van der Waals surface area (Å²) in [5, 5.41) is 2.74. The molecule has 0 spiro atoms. The molecule has 0 radical (unpaired) electrons. The molecule has 3 aromatic rings. The van der Waals surface area contributed by atoms with Gasteiger partial charge in [0.15, 0.2) is 5.65 Å². The number of aryl methyl sites for hydroxylation is 1. The molecule has 2 aromatic heterocycles. The van der Waals surface area contributed by atoms with Gasteiger partial charge in [-0.15, -0.1) is 0 Å². The number of amides is 2. The van der Waals surface area contributed by atoms with E-state index >= 15 is 0 Å². The minimum atomic E-state index is -0.450. The Morgan fingerprint density at radius 3 is 2.93 bits per heavy atom. The number of aromatic nitrogens is 3. The van der Waals surface area contributed by atoms with E-state index in [9.17, 15) is 9.18 Å². The van der Waals surface area contributed by atoms with Crippen molar-refractivity contribution in [3.05, 3.63) is 48.3 Å². The first kappa shape index (κ1) is 17.5. The average molecular weight is 367 g/mol. The molecule has 1 aromatic carbocycles. The van der Waals surface area contributed by atoms with Crippen molar-refractivity contribution in [3.63, 3.8) is 0 Å². The number of likely N-dealkylation sites (tertiary alicyclic amines) is 1. The molecule has 0 saturated carbocycles. The van der Waals surface area contributed by atoms with Gasteiger partial charge < -0.3 is 14.6 Å². The standard InChI is InChI=1S/C20H22FN5O/c1-4-14-8-13(3)26(14)20(27)24-17-9-15(12(2)7-16(17)21)18-11-25-6-5-22-19(25)10-23-18/h5-7,9-11,13-14H,4,8H2,1-3H3,(H,24,27). The number of carbonyl (C=O) groups is 1. The van der Waals surface area contributed by atoms with Gasteiger partial charge in [-0.1, -0.05) is 6.92 Å². The number of carbonyl (C=O) groups excluding carboxylic acids is 1. The summed E-state index contributed by atoms with van der Waals surface area (Å²) in [6.07, 6.45) is 8.93. The van der Waals surface area contributed by atoms with E-state index in [1.54, 1.807) is 23.4 Å². The topological polar surface area (TPSA) is 62.5 Å². The van der Waals surface area contributed by atoms with Gasteiger partial charge in [0, 0.05) is 36.2 Å². The third-order valence-electron chi connectivity index (χ3n) is 5.30. The Kier molecular flexibility index (Phi) is 4.30. The lowest BCUT2D eigenvalue weighted by molar-refractivity contribution is 0.0688. The fourth-order valence-electron chi connectivity index (χ4n) is 3.76. The van der Waals surface area contributed by atoms with Crippen LogP contribution in [0, 0.1) is 12.7 Å². The van der Waals surface area contributed by atoms with Crippen molar-refractivity contribution in [3.8, 4) is 11.3 Å². The Morgan fingerprint density at radius 1 is 1.37 bits per heavy atom. The van der Waals surface area contributed by atoms with E-state index in [0.29, 0.717) is 5.69 Å². The molecule has 4 rings (SSSR count). The third kappa shape index (κ3) is 3.03. The number of rotatable bonds is 3. The highest BCUT2D eigenvalue weighted by molar-refractivity contribution is 5.91. The van der Waals surface area contributed by atoms with Crippen LogP contribution in [0.15, 0.2) is 36.9 Å². The first-order chi connectivity index (χ1) is 13.0. The van der Waals surface area contributed by atoms with Gasteiger partial charge in [0.25, 0.3) is 0 Å². The summed E-state index contributed by atoms with van der Waals surface area (Å²) in [7, 11) is 0. The van der Waals surface area contributed by atoms with Gasteiger partial charge in [0.05, 0.1) is 17.6 Å². The van der Waals surface area contributed by atoms with Crippen molar-refractivity contribution < 1.29 is 9.18 Å². The van der Waals surface area contributed by atoms with E-state index in [-0.39, 0.29) is 23.8 Å². The smallest absolute Gasteiger partial charge is 0.319 e. The first-order valence-electron chi connectivity index (χ1n) is 9.16. The van der Waals surface area contributed by atoms with Crippen LogP contribution in [-0.2, 0) is 0 Å². The molecule has 6 nitrogen and oxygen atoms in total. The molecule has 0 bridgehead atoms. The number of hydrogen-bond donors (Lipinski definition) is 1. The van der Waals surface area contributed by atoms with Crippen molar-refractivity contribution in [2.75, 3.05) is 5.32 Å². The highest BCUT2D eigenvalue weighted by atomic mass is 19.1. The second-order valence-corrected chi connectivity index (χ2v) is 7.10. The molecule has 1 N–H and O–H groups in total. The van der Waals surface area contributed by atoms with E-state index in [2.05, 4.69) is 22.2 Å². The van der Waals surface area contributed by atoms with Crippen molar-refractivity contribution in [1.82, 2.24) is 19.3 Å². The highest BCUT2D eigenvalue weighted by Crippen LogP contribution is 2.31. The molecule has 27 heavy (non-hydrogen) atoms. The maximum absolute atomic E-state index is 14.5. The number of benzene rings is 1. The minimum Gasteiger partial charge on any atom is -0.319 e. The summed E-state index contributed by atoms with van der Waals surface area (Å²) in [6.45, 7) is 5.89. The van der Waals surface area contributed by atoms with E-state index in [0.717, 1.165) is 29.6 Å². The van der Waals surface area contributed by atoms with Gasteiger partial charge in [0.1, 0.15) is 5.82 Å². The fourth-order valence-corrected chi connectivity index (χ4v) is 3.76. The Labute approximate surface area is 157 Å². The summed E-state index contributed by atoms with van der Waals surface area (Å²) in [6, 6.07) is 3.22. The van der Waals surface area contributed by atoms with Gasteiger partial charge in [0.2, 0.25) is 0 Å². The van der Waals surface area contributed by atoms with Crippen LogP contribution >= 0.6 is 0 Å². The normalized spacial score (nSPS) is 19.2. The fraction of sp³-hybridized carbons (Fsp3) is 0.350. The van der Waals surface area contributed by atoms with Gasteiger partial charge in [-0.25, -0.2) is 14.2 Å². The molecule has 140 valence electrons. The Balaban J connectivity index is 1.66. The summed E-state index contributed by atoms with van der Waals surface area (Å²) in [5.74, 6) is -0.450. The average Bonchev–Trinajstić information content (AvgIpc) is 3.09. The molecule has 2 amide bonds. The van der Waals surface area contributed by atoms with Crippen LogP contribution in [0.25, 0.3) is 16.9 Å². The summed E-state index contributed by atoms with van der Waals surface area (Å²) in [4.78, 5) is 23.0. The lowest BCUT2D eigenvalue weighted by atomic mass is 9.93. The number of halogens is 1. The SMILES string of the molecule is CCC1CC(C)N1C(=O)Nc1cc(-c2cn3ccnc3cn2)c(C)cc1F. The maximum atomic E-state index is 14.5. The Hall–Kier alpha value is -2.96. The van der Waals surface area contributed by atoms with Gasteiger partial charge in [-0.05, 0) is 44.4 Å². The molecule has 1 fully saturated rings. The monoisotopic (exact) mass is 367 g/mol. The third-order valence-corrected chi connectivity index (χ3v) is 5.30. The predicted molar refractivity (Wildman–Crippen MR) is 102 cm³/mol. The second kappa shape index (κ2) is 6.64. The zero-order valence-electron chi connectivity index (χ0n) is 15.6. The molecule has 0 aliphatic carbocycles. The lowest BCUT2D eigenvalue weighted by Crippen LogP contribution is -2.58. The zero-order chi connectivity index (χ0) is 19.1. The lowest BCUT2D eigenvalue weighted by Gasteiger charge is -2.46. The number of fused-ring (bicyclic) bond motifs is 1. The molecule has 1 aliphatic heterocycles. The summed E-state index contributed by atoms with van der Waals surface area (Å²) >= 11 is 0. The van der Waals surface area contributed by atoms with Crippen LogP contribution in [0.4, 0.5) is 14.9 Å². The van der Waals surface area contributed by atoms with E-state index < -0.39 is 5.82 Å². The van der Waals surface area contributed by atoms with Gasteiger partial charge in [-0.2, -0.15) is 0 Å². The second-order valence-electron chi connectivity index (χ2n) is 7.10. The molecule has 1 aliphatic rings. The van der Waals surface area contributed by atoms with Crippen LogP contribution < -0.4 is 5.32 Å². The molecule has 2 atom stereocenters. The number of nitrogens with zero attached hydrogens (tertiary/aromatic N) is 4. The summed E-state index contributed by atoms with van der Waals surface area (Å²) in [5.41, 5.74) is 3.12. The zero-order valence-corrected chi connectivity index (χ0v) is 15.6. The Morgan fingerprint density at radius 2 is 2.19 bits per heavy atom. The van der Waals surface area contributed by atoms with Crippen molar-refractivity contribution in [2.45, 2.75) is 45.7 Å². The summed E-state index contributed by atoms with van der Waals surface area (Å²) < 4.78 is 16.4. The van der Waals surface area contributed by atoms with E-state index in [1.165, 1.54) is 6.07 Å². The molecule has 2 unspecified atom stereocenters. The number of anilines is 1. The number of nitrogens with one attached hydrogen (secondary N) is 1. The van der Waals surface area contributed by atoms with Crippen LogP contribution in [0.1, 0.15) is 32.3 Å². The minimum absolute atomic E-state index is 0.169. The van der Waals surface area contributed by atoms with Crippen LogP contribution in [0.5, 0.6) is 0 Å². The quantitative estimate of drug-likeness (QED) is 0.753. The molecular weight excluding hydrogens is 345 g/mol. The molecule has 1 saturated heterocycles. The van der Waals surface area contributed by atoms with Crippen molar-refractivity contribution in [2.24, 2.45) is 0 Å². The van der Waals surface area contributed by atoms with Gasteiger partial charge >= 0.3 is 6.03 Å². The van der Waals surface area contributed by atoms with Crippen molar-refractivity contribution >= 4 is 17.4 Å². The van der Waals surface area contributed by atoms with E-state index in [1.807, 2.05) is 30.6 Å². The first-order valence-corrected chi connectivity index (χ1v) is 9.16. The number of imidazole rings is 1. The molecule has 7 heteroatoms. The highest BCUT2D eigenvalue weighted by Gasteiger charge is 2.37. The van der Waals surface area contributed by atoms with Crippen molar-refractivity contribution in [1.29, 1.82) is 0 Å². The predicted octanol–water partition coefficient (Wildman–Crippen LogP) is 4.25. The van der Waals surface area contributed by atoms with Gasteiger partial charge in [-0.3, -0.25) is 4.98 Å². The molecular formula is C20H22FN5O. The number of hydrogen-bond acceptors (Lipinski definition) is 3. The van der Waals surface area contributed by atoms with Crippen LogP contribution in [0.3, 0.4) is 0 Å². The van der Waals surface area contributed by atoms with Crippen LogP contribution in [0.2, 0.25) is 0 Å². The van der Waals surface area contributed by atoms with Crippen LogP contribution in [-0.4, -0.2) is 37.4 Å². The van der Waals surface area contributed by atoms with E-state index in [4.69, 9.17) is 0 Å². The maximum Gasteiger partial charge on any atom is 0.322 e.